The van der Waals surface area contributed by atoms with Crippen LogP contribution in [-0.2, 0) is 14.3 Å². The summed E-state index contributed by atoms with van der Waals surface area (Å²) in [5.41, 5.74) is 4.02. The first-order chi connectivity index (χ1) is 14.3. The molecule has 0 radical (unpaired) electrons. The summed E-state index contributed by atoms with van der Waals surface area (Å²) in [6.45, 7) is 3.52. The van der Waals surface area contributed by atoms with E-state index in [0.717, 1.165) is 16.7 Å². The number of benzene rings is 2. The molecule has 30 heavy (non-hydrogen) atoms. The quantitative estimate of drug-likeness (QED) is 0.734. The zero-order valence-electron chi connectivity index (χ0n) is 16.5. The predicted octanol–water partition coefficient (Wildman–Crippen LogP) is 3.47. The van der Waals surface area contributed by atoms with Crippen molar-refractivity contribution < 1.29 is 19.1 Å². The normalized spacial score (nSPS) is 18.1. The Labute approximate surface area is 178 Å². The highest BCUT2D eigenvalue weighted by Crippen LogP contribution is 2.35. The van der Waals surface area contributed by atoms with Crippen molar-refractivity contribution in [2.45, 2.75) is 19.9 Å². The number of halogens is 1. The third kappa shape index (κ3) is 3.76. The molecule has 2 aromatic rings. The van der Waals surface area contributed by atoms with E-state index in [-0.39, 0.29) is 13.2 Å². The van der Waals surface area contributed by atoms with Gasteiger partial charge in [-0.25, -0.2) is 9.59 Å². The number of carbonyl (C=O) groups is 3. The number of urea groups is 1. The Hall–Kier alpha value is -3.32. The minimum atomic E-state index is -0.613. The number of amides is 3. The van der Waals surface area contributed by atoms with Crippen molar-refractivity contribution in [3.63, 3.8) is 0 Å². The van der Waals surface area contributed by atoms with Gasteiger partial charge in [0, 0.05) is 10.7 Å². The number of hydrogen-bond donors (Lipinski definition) is 2. The molecule has 3 amide bonds. The molecule has 154 valence electrons. The number of rotatable bonds is 4. The monoisotopic (exact) mass is 425 g/mol. The van der Waals surface area contributed by atoms with Crippen LogP contribution in [0.3, 0.4) is 0 Å². The Morgan fingerprint density at radius 2 is 1.93 bits per heavy atom. The Kier molecular flexibility index (Phi) is 5.22. The molecule has 8 heteroatoms. The molecule has 0 aromatic heterocycles. The van der Waals surface area contributed by atoms with Crippen molar-refractivity contribution >= 4 is 35.2 Å². The molecule has 4 rings (SSSR count). The minimum absolute atomic E-state index is 0.0480. The molecular formula is C22H20ClN3O4. The third-order valence-electron chi connectivity index (χ3n) is 5.17. The maximum atomic E-state index is 12.8. The summed E-state index contributed by atoms with van der Waals surface area (Å²) in [6, 6.07) is 11.6. The van der Waals surface area contributed by atoms with Gasteiger partial charge in [-0.05, 0) is 37.1 Å². The van der Waals surface area contributed by atoms with Gasteiger partial charge in [-0.2, -0.15) is 0 Å². The smallest absolute Gasteiger partial charge is 0.338 e. The second-order valence-corrected chi connectivity index (χ2v) is 7.74. The molecule has 7 nitrogen and oxygen atoms in total. The van der Waals surface area contributed by atoms with Gasteiger partial charge in [0.2, 0.25) is 5.91 Å². The first kappa shape index (κ1) is 20.0. The fourth-order valence-corrected chi connectivity index (χ4v) is 3.68. The molecule has 1 atom stereocenters. The lowest BCUT2D eigenvalue weighted by Crippen LogP contribution is -2.49. The minimum Gasteiger partial charge on any atom is -0.456 e. The third-order valence-corrected chi connectivity index (χ3v) is 5.57. The highest BCUT2D eigenvalue weighted by Gasteiger charge is 2.42. The Morgan fingerprint density at radius 3 is 2.63 bits per heavy atom. The van der Waals surface area contributed by atoms with Crippen molar-refractivity contribution in [2.24, 2.45) is 0 Å². The number of hydrogen-bond acceptors (Lipinski definition) is 4. The molecule has 2 heterocycles. The van der Waals surface area contributed by atoms with Crippen LogP contribution in [0.5, 0.6) is 0 Å². The fraction of sp³-hybridized carbons (Fsp3) is 0.227. The van der Waals surface area contributed by atoms with E-state index in [9.17, 15) is 14.4 Å². The zero-order chi connectivity index (χ0) is 21.4. The number of ether oxygens (including phenoxy) is 1. The van der Waals surface area contributed by atoms with Crippen LogP contribution in [0.4, 0.5) is 10.5 Å². The predicted molar refractivity (Wildman–Crippen MR) is 112 cm³/mol. The van der Waals surface area contributed by atoms with Gasteiger partial charge < -0.3 is 15.4 Å². The van der Waals surface area contributed by atoms with Gasteiger partial charge in [0.05, 0.1) is 17.3 Å². The zero-order valence-corrected chi connectivity index (χ0v) is 17.2. The highest BCUT2D eigenvalue weighted by atomic mass is 35.5. The average Bonchev–Trinajstić information content (AvgIpc) is 3.09. The van der Waals surface area contributed by atoms with E-state index >= 15 is 0 Å². The lowest BCUT2D eigenvalue weighted by Gasteiger charge is -2.32. The molecular weight excluding hydrogens is 406 g/mol. The SMILES string of the molecule is Cc1ccc([C@H]2NC(=O)N(CC(=O)Nc3ccc(C)c(Cl)c3)C3=C2C(=O)OC3)cc1. The van der Waals surface area contributed by atoms with Gasteiger partial charge in [0.1, 0.15) is 13.2 Å². The number of nitrogens with one attached hydrogen (secondary N) is 2. The van der Waals surface area contributed by atoms with Crippen LogP contribution in [0.15, 0.2) is 53.7 Å². The van der Waals surface area contributed by atoms with Crippen LogP contribution in [0.2, 0.25) is 5.02 Å². The van der Waals surface area contributed by atoms with E-state index in [1.54, 1.807) is 18.2 Å². The van der Waals surface area contributed by atoms with Gasteiger partial charge in [-0.1, -0.05) is 47.5 Å². The fourth-order valence-electron chi connectivity index (χ4n) is 3.50. The van der Waals surface area contributed by atoms with Crippen LogP contribution in [0, 0.1) is 13.8 Å². The molecule has 0 saturated heterocycles. The van der Waals surface area contributed by atoms with Gasteiger partial charge in [0.15, 0.2) is 0 Å². The lowest BCUT2D eigenvalue weighted by atomic mass is 9.95. The summed E-state index contributed by atoms with van der Waals surface area (Å²) in [5.74, 6) is -0.906. The molecule has 0 aliphatic carbocycles. The van der Waals surface area contributed by atoms with E-state index in [1.807, 2.05) is 38.1 Å². The van der Waals surface area contributed by atoms with Crippen molar-refractivity contribution in [3.8, 4) is 0 Å². The van der Waals surface area contributed by atoms with Crippen LogP contribution in [0.1, 0.15) is 22.7 Å². The van der Waals surface area contributed by atoms with Crippen LogP contribution < -0.4 is 10.6 Å². The van der Waals surface area contributed by atoms with E-state index in [0.29, 0.717) is 22.0 Å². The summed E-state index contributed by atoms with van der Waals surface area (Å²) < 4.78 is 5.19. The maximum absolute atomic E-state index is 12.8. The first-order valence-corrected chi connectivity index (χ1v) is 9.82. The lowest BCUT2D eigenvalue weighted by molar-refractivity contribution is -0.136. The number of cyclic esters (lactones) is 1. The topological polar surface area (TPSA) is 87.7 Å². The second kappa shape index (κ2) is 7.84. The highest BCUT2D eigenvalue weighted by molar-refractivity contribution is 6.31. The van der Waals surface area contributed by atoms with Crippen molar-refractivity contribution in [1.82, 2.24) is 10.2 Å². The molecule has 2 N–H and O–H groups in total. The molecule has 0 saturated carbocycles. The molecule has 2 aromatic carbocycles. The van der Waals surface area contributed by atoms with Crippen molar-refractivity contribution in [2.75, 3.05) is 18.5 Å². The van der Waals surface area contributed by atoms with Gasteiger partial charge in [-0.3, -0.25) is 9.69 Å². The number of anilines is 1. The Morgan fingerprint density at radius 1 is 1.20 bits per heavy atom. The summed E-state index contributed by atoms with van der Waals surface area (Å²) in [5, 5.41) is 6.07. The van der Waals surface area contributed by atoms with Crippen molar-refractivity contribution in [3.05, 3.63) is 75.4 Å². The molecule has 2 aliphatic rings. The molecule has 0 unspecified atom stereocenters. The van der Waals surface area contributed by atoms with Crippen molar-refractivity contribution in [1.29, 1.82) is 0 Å². The first-order valence-electron chi connectivity index (χ1n) is 9.44. The number of nitrogens with zero attached hydrogens (tertiary/aromatic N) is 1. The van der Waals surface area contributed by atoms with Gasteiger partial charge in [0.25, 0.3) is 0 Å². The van der Waals surface area contributed by atoms with Crippen LogP contribution in [-0.4, -0.2) is 36.0 Å². The van der Waals surface area contributed by atoms with E-state index in [2.05, 4.69) is 10.6 Å². The van der Waals surface area contributed by atoms with E-state index in [1.165, 1.54) is 4.90 Å². The standard InChI is InChI=1S/C22H20ClN3O4/c1-12-3-6-14(7-4-12)20-19-17(11-30-21(19)28)26(22(29)25-20)10-18(27)24-15-8-5-13(2)16(23)9-15/h3-9,20H,10-11H2,1-2H3,(H,24,27)(H,25,29)/t20-/m1/s1. The maximum Gasteiger partial charge on any atom is 0.338 e. The summed E-state index contributed by atoms with van der Waals surface area (Å²) in [7, 11) is 0. The van der Waals surface area contributed by atoms with E-state index < -0.39 is 23.9 Å². The largest absolute Gasteiger partial charge is 0.456 e. The van der Waals surface area contributed by atoms with E-state index in [4.69, 9.17) is 16.3 Å². The summed E-state index contributed by atoms with van der Waals surface area (Å²) in [4.78, 5) is 39.0. The Bertz CT molecular complexity index is 1080. The van der Waals surface area contributed by atoms with Gasteiger partial charge in [-0.15, -0.1) is 0 Å². The van der Waals surface area contributed by atoms with Crippen LogP contribution in [0.25, 0.3) is 0 Å². The second-order valence-electron chi connectivity index (χ2n) is 7.33. The number of aryl methyl sites for hydroxylation is 2. The molecule has 0 spiro atoms. The average molecular weight is 426 g/mol. The summed E-state index contributed by atoms with van der Waals surface area (Å²) in [6.07, 6.45) is 0. The summed E-state index contributed by atoms with van der Waals surface area (Å²) >= 11 is 6.10. The number of carbonyl (C=O) groups excluding carboxylic acids is 3. The number of esters is 1. The molecule has 0 bridgehead atoms. The Balaban J connectivity index is 1.58. The van der Waals surface area contributed by atoms with Gasteiger partial charge >= 0.3 is 12.0 Å². The molecule has 2 aliphatic heterocycles. The molecule has 0 fully saturated rings. The van der Waals surface area contributed by atoms with Crippen LogP contribution >= 0.6 is 11.6 Å².